The first-order valence-electron chi connectivity index (χ1n) is 7.84. The third-order valence-corrected chi connectivity index (χ3v) is 3.95. The summed E-state index contributed by atoms with van der Waals surface area (Å²) in [7, 11) is 1.78. The lowest BCUT2D eigenvalue weighted by Gasteiger charge is -2.17. The van der Waals surface area contributed by atoms with Gasteiger partial charge < -0.3 is 4.90 Å². The molecule has 0 radical (unpaired) electrons. The molecule has 1 aromatic heterocycles. The number of hydrogen-bond donors (Lipinski definition) is 0. The van der Waals surface area contributed by atoms with Gasteiger partial charge in [0.1, 0.15) is 0 Å². The number of carbonyl (C=O) groups is 1. The van der Waals surface area contributed by atoms with Gasteiger partial charge in [-0.3, -0.25) is 4.79 Å². The van der Waals surface area contributed by atoms with Gasteiger partial charge in [0.15, 0.2) is 5.69 Å². The number of amides is 1. The van der Waals surface area contributed by atoms with Gasteiger partial charge in [-0.1, -0.05) is 42.0 Å². The number of para-hydroxylation sites is 1. The summed E-state index contributed by atoms with van der Waals surface area (Å²) in [6.07, 6.45) is 1.51. The highest BCUT2D eigenvalue weighted by Gasteiger charge is 2.17. The number of carbonyl (C=O) groups excluding carboxylic acids is 1. The van der Waals surface area contributed by atoms with E-state index in [-0.39, 0.29) is 5.91 Å². The summed E-state index contributed by atoms with van der Waals surface area (Å²) in [5, 5.41) is 8.48. The van der Waals surface area contributed by atoms with Crippen molar-refractivity contribution in [3.63, 3.8) is 0 Å². The third-order valence-electron chi connectivity index (χ3n) is 3.95. The molecule has 0 N–H and O–H groups in total. The molecule has 122 valence electrons. The number of benzene rings is 2. The summed E-state index contributed by atoms with van der Waals surface area (Å²) in [5.74, 6) is -0.142. The molecule has 0 aliphatic rings. The van der Waals surface area contributed by atoms with Crippen LogP contribution in [0.3, 0.4) is 0 Å². The standard InChI is InChI=1S/C19H20N4O/c1-14-9-10-16(15(2)11-14)13-22(3)19(24)18-12-20-23(21-18)17-7-5-4-6-8-17/h4-12H,13H2,1-3H3. The molecule has 5 heteroatoms. The quantitative estimate of drug-likeness (QED) is 0.742. The number of nitrogens with zero attached hydrogens (tertiary/aromatic N) is 4. The fraction of sp³-hybridized carbons (Fsp3) is 0.211. The van der Waals surface area contributed by atoms with E-state index in [1.54, 1.807) is 11.9 Å². The molecular formula is C19H20N4O. The van der Waals surface area contributed by atoms with Crippen molar-refractivity contribution in [3.8, 4) is 5.69 Å². The average molecular weight is 320 g/mol. The number of rotatable bonds is 4. The minimum Gasteiger partial charge on any atom is -0.336 e. The van der Waals surface area contributed by atoms with Crippen molar-refractivity contribution in [3.05, 3.63) is 77.1 Å². The molecule has 3 aromatic rings. The van der Waals surface area contributed by atoms with E-state index in [2.05, 4.69) is 42.2 Å². The van der Waals surface area contributed by atoms with Crippen LogP contribution in [0.5, 0.6) is 0 Å². The van der Waals surface area contributed by atoms with E-state index in [9.17, 15) is 4.79 Å². The van der Waals surface area contributed by atoms with Crippen molar-refractivity contribution in [2.24, 2.45) is 0 Å². The zero-order valence-electron chi connectivity index (χ0n) is 14.1. The third kappa shape index (κ3) is 3.35. The molecule has 0 saturated carbocycles. The van der Waals surface area contributed by atoms with Crippen LogP contribution in [0.15, 0.2) is 54.7 Å². The van der Waals surface area contributed by atoms with E-state index < -0.39 is 0 Å². The van der Waals surface area contributed by atoms with Crippen molar-refractivity contribution in [1.82, 2.24) is 19.9 Å². The van der Waals surface area contributed by atoms with Crippen LogP contribution in [0.2, 0.25) is 0 Å². The van der Waals surface area contributed by atoms with E-state index in [1.807, 2.05) is 30.3 Å². The Hall–Kier alpha value is -2.95. The van der Waals surface area contributed by atoms with Crippen LogP contribution in [0, 0.1) is 13.8 Å². The SMILES string of the molecule is Cc1ccc(CN(C)C(=O)c2cnn(-c3ccccc3)n2)c(C)c1. The van der Waals surface area contributed by atoms with Gasteiger partial charge in [0, 0.05) is 13.6 Å². The topological polar surface area (TPSA) is 51.0 Å². The van der Waals surface area contributed by atoms with Crippen LogP contribution < -0.4 is 0 Å². The zero-order valence-corrected chi connectivity index (χ0v) is 14.1. The highest BCUT2D eigenvalue weighted by Crippen LogP contribution is 2.14. The number of hydrogen-bond acceptors (Lipinski definition) is 3. The lowest BCUT2D eigenvalue weighted by molar-refractivity contribution is 0.0778. The Labute approximate surface area is 141 Å². The molecule has 24 heavy (non-hydrogen) atoms. The predicted molar refractivity (Wildman–Crippen MR) is 93.1 cm³/mol. The first-order valence-corrected chi connectivity index (χ1v) is 7.84. The molecule has 0 bridgehead atoms. The van der Waals surface area contributed by atoms with Gasteiger partial charge >= 0.3 is 0 Å². The van der Waals surface area contributed by atoms with E-state index in [1.165, 1.54) is 22.1 Å². The van der Waals surface area contributed by atoms with Crippen molar-refractivity contribution in [2.45, 2.75) is 20.4 Å². The van der Waals surface area contributed by atoms with Crippen LogP contribution in [-0.2, 0) is 6.54 Å². The van der Waals surface area contributed by atoms with Crippen LogP contribution in [-0.4, -0.2) is 32.8 Å². The van der Waals surface area contributed by atoms with Gasteiger partial charge in [0.05, 0.1) is 11.9 Å². The average Bonchev–Trinajstić information content (AvgIpc) is 3.07. The molecule has 0 unspecified atom stereocenters. The Morgan fingerprint density at radius 1 is 1.12 bits per heavy atom. The van der Waals surface area contributed by atoms with Crippen LogP contribution >= 0.6 is 0 Å². The molecular weight excluding hydrogens is 300 g/mol. The Bertz CT molecular complexity index is 855. The van der Waals surface area contributed by atoms with Gasteiger partial charge in [-0.15, -0.1) is 5.10 Å². The summed E-state index contributed by atoms with van der Waals surface area (Å²) in [4.78, 5) is 15.7. The van der Waals surface area contributed by atoms with Gasteiger partial charge in [0.2, 0.25) is 0 Å². The van der Waals surface area contributed by atoms with E-state index >= 15 is 0 Å². The first-order chi connectivity index (χ1) is 11.5. The maximum Gasteiger partial charge on any atom is 0.276 e. The van der Waals surface area contributed by atoms with E-state index in [0.29, 0.717) is 12.2 Å². The molecule has 3 rings (SSSR count). The summed E-state index contributed by atoms with van der Waals surface area (Å²) in [6.45, 7) is 4.67. The van der Waals surface area contributed by atoms with Gasteiger partial charge in [-0.25, -0.2) is 0 Å². The normalized spacial score (nSPS) is 10.6. The van der Waals surface area contributed by atoms with Crippen molar-refractivity contribution in [1.29, 1.82) is 0 Å². The second-order valence-corrected chi connectivity index (χ2v) is 5.95. The van der Waals surface area contributed by atoms with E-state index in [4.69, 9.17) is 0 Å². The smallest absolute Gasteiger partial charge is 0.276 e. The largest absolute Gasteiger partial charge is 0.336 e. The number of aromatic nitrogens is 3. The number of aryl methyl sites for hydroxylation is 2. The summed E-state index contributed by atoms with van der Waals surface area (Å²) in [5.41, 5.74) is 4.70. The maximum absolute atomic E-state index is 12.6. The Morgan fingerprint density at radius 2 is 1.88 bits per heavy atom. The lowest BCUT2D eigenvalue weighted by Crippen LogP contribution is -2.27. The maximum atomic E-state index is 12.6. The van der Waals surface area contributed by atoms with Crippen molar-refractivity contribution in [2.75, 3.05) is 7.05 Å². The Kier molecular flexibility index (Phi) is 4.42. The second kappa shape index (κ2) is 6.66. The van der Waals surface area contributed by atoms with Crippen molar-refractivity contribution < 1.29 is 4.79 Å². The fourth-order valence-electron chi connectivity index (χ4n) is 2.59. The molecule has 0 atom stereocenters. The first kappa shape index (κ1) is 15.9. The second-order valence-electron chi connectivity index (χ2n) is 5.95. The van der Waals surface area contributed by atoms with E-state index in [0.717, 1.165) is 11.3 Å². The van der Waals surface area contributed by atoms with Gasteiger partial charge in [-0.05, 0) is 37.1 Å². The van der Waals surface area contributed by atoms with Gasteiger partial charge in [0.25, 0.3) is 5.91 Å². The molecule has 0 aliphatic carbocycles. The van der Waals surface area contributed by atoms with Crippen molar-refractivity contribution >= 4 is 5.91 Å². The van der Waals surface area contributed by atoms with Crippen LogP contribution in [0.25, 0.3) is 5.69 Å². The molecule has 1 heterocycles. The monoisotopic (exact) mass is 320 g/mol. The van der Waals surface area contributed by atoms with Gasteiger partial charge in [-0.2, -0.15) is 9.90 Å². The molecule has 0 fully saturated rings. The minimum atomic E-state index is -0.142. The summed E-state index contributed by atoms with van der Waals surface area (Å²) in [6, 6.07) is 15.8. The molecule has 0 aliphatic heterocycles. The Balaban J connectivity index is 1.75. The minimum absolute atomic E-state index is 0.142. The lowest BCUT2D eigenvalue weighted by atomic mass is 10.1. The molecule has 2 aromatic carbocycles. The van der Waals surface area contributed by atoms with Crippen LogP contribution in [0.4, 0.5) is 0 Å². The van der Waals surface area contributed by atoms with Crippen LogP contribution in [0.1, 0.15) is 27.2 Å². The molecule has 0 saturated heterocycles. The highest BCUT2D eigenvalue weighted by molar-refractivity contribution is 5.91. The highest BCUT2D eigenvalue weighted by atomic mass is 16.2. The summed E-state index contributed by atoms with van der Waals surface area (Å²) < 4.78 is 0. The molecule has 1 amide bonds. The molecule has 5 nitrogen and oxygen atoms in total. The zero-order chi connectivity index (χ0) is 17.1. The fourth-order valence-corrected chi connectivity index (χ4v) is 2.59. The summed E-state index contributed by atoms with van der Waals surface area (Å²) >= 11 is 0. The predicted octanol–water partition coefficient (Wildman–Crippen LogP) is 3.16. The molecule has 0 spiro atoms. The Morgan fingerprint density at radius 3 is 2.58 bits per heavy atom.